The third-order valence-corrected chi connectivity index (χ3v) is 3.28. The number of amides is 1. The van der Waals surface area contributed by atoms with E-state index in [1.54, 1.807) is 0 Å². The maximum atomic E-state index is 11.7. The molecule has 0 aromatic carbocycles. The molecular formula is C11H19NO3. The zero-order valence-corrected chi connectivity index (χ0v) is 8.95. The molecule has 4 nitrogen and oxygen atoms in total. The minimum atomic E-state index is -0.371. The van der Waals surface area contributed by atoms with E-state index in [2.05, 4.69) is 5.32 Å². The highest BCUT2D eigenvalue weighted by atomic mass is 16.5. The van der Waals surface area contributed by atoms with E-state index in [1.807, 2.05) is 0 Å². The van der Waals surface area contributed by atoms with Crippen LogP contribution in [0, 0.1) is 0 Å². The molecule has 3 atom stereocenters. The largest absolute Gasteiger partial charge is 0.391 e. The number of rotatable bonds is 2. The Balaban J connectivity index is 1.81. The predicted molar refractivity (Wildman–Crippen MR) is 55.4 cm³/mol. The van der Waals surface area contributed by atoms with E-state index in [9.17, 15) is 9.90 Å². The summed E-state index contributed by atoms with van der Waals surface area (Å²) in [6.07, 6.45) is 4.97. The van der Waals surface area contributed by atoms with Gasteiger partial charge < -0.3 is 15.2 Å². The number of carbonyl (C=O) groups is 1. The lowest BCUT2D eigenvalue weighted by Crippen LogP contribution is -2.48. The molecule has 2 N–H and O–H groups in total. The fourth-order valence-electron chi connectivity index (χ4n) is 2.34. The summed E-state index contributed by atoms with van der Waals surface area (Å²) in [4.78, 5) is 11.7. The number of ether oxygens (including phenoxy) is 1. The Kier molecular flexibility index (Phi) is 3.59. The first-order valence-corrected chi connectivity index (χ1v) is 5.87. The van der Waals surface area contributed by atoms with Gasteiger partial charge in [-0.1, -0.05) is 12.8 Å². The molecule has 1 saturated heterocycles. The zero-order valence-electron chi connectivity index (χ0n) is 8.95. The fourth-order valence-corrected chi connectivity index (χ4v) is 2.34. The molecule has 1 aliphatic heterocycles. The highest BCUT2D eigenvalue weighted by molar-refractivity contribution is 5.81. The first-order valence-electron chi connectivity index (χ1n) is 5.87. The summed E-state index contributed by atoms with van der Waals surface area (Å²) in [5, 5.41) is 12.6. The zero-order chi connectivity index (χ0) is 10.7. The van der Waals surface area contributed by atoms with Crippen LogP contribution in [0.15, 0.2) is 0 Å². The smallest absolute Gasteiger partial charge is 0.249 e. The van der Waals surface area contributed by atoms with Crippen molar-refractivity contribution in [3.63, 3.8) is 0 Å². The second kappa shape index (κ2) is 4.94. The van der Waals surface area contributed by atoms with E-state index >= 15 is 0 Å². The van der Waals surface area contributed by atoms with Gasteiger partial charge in [-0.25, -0.2) is 0 Å². The van der Waals surface area contributed by atoms with Gasteiger partial charge in [-0.05, 0) is 25.7 Å². The minimum Gasteiger partial charge on any atom is -0.391 e. The number of carbonyl (C=O) groups excluding carboxylic acids is 1. The number of aliphatic hydroxyl groups excluding tert-OH is 1. The normalized spacial score (nSPS) is 36.5. The molecule has 2 rings (SSSR count). The van der Waals surface area contributed by atoms with Crippen molar-refractivity contribution in [1.29, 1.82) is 0 Å². The molecule has 0 aromatic rings. The van der Waals surface area contributed by atoms with E-state index in [4.69, 9.17) is 4.74 Å². The van der Waals surface area contributed by atoms with Gasteiger partial charge in [0.2, 0.25) is 5.91 Å². The number of hydrogen-bond donors (Lipinski definition) is 2. The maximum absolute atomic E-state index is 11.7. The molecule has 0 unspecified atom stereocenters. The van der Waals surface area contributed by atoms with Gasteiger partial charge in [-0.3, -0.25) is 4.79 Å². The van der Waals surface area contributed by atoms with Gasteiger partial charge in [0.05, 0.1) is 12.1 Å². The second-order valence-electron chi connectivity index (χ2n) is 4.47. The van der Waals surface area contributed by atoms with E-state index in [0.29, 0.717) is 6.61 Å². The molecule has 86 valence electrons. The van der Waals surface area contributed by atoms with Crippen molar-refractivity contribution < 1.29 is 14.6 Å². The molecule has 0 spiro atoms. The highest BCUT2D eigenvalue weighted by Gasteiger charge is 2.29. The number of aliphatic hydroxyl groups is 1. The van der Waals surface area contributed by atoms with Gasteiger partial charge in [0.1, 0.15) is 6.10 Å². The highest BCUT2D eigenvalue weighted by Crippen LogP contribution is 2.19. The minimum absolute atomic E-state index is 0.0431. The van der Waals surface area contributed by atoms with Crippen molar-refractivity contribution in [2.45, 2.75) is 56.8 Å². The van der Waals surface area contributed by atoms with Crippen molar-refractivity contribution in [2.24, 2.45) is 0 Å². The molecule has 1 heterocycles. The van der Waals surface area contributed by atoms with Crippen LogP contribution in [0.3, 0.4) is 0 Å². The average molecular weight is 213 g/mol. The van der Waals surface area contributed by atoms with Crippen LogP contribution in [0.2, 0.25) is 0 Å². The molecule has 0 aromatic heterocycles. The molecule has 4 heteroatoms. The first kappa shape index (κ1) is 10.9. The van der Waals surface area contributed by atoms with Crippen LogP contribution in [0.1, 0.15) is 38.5 Å². The van der Waals surface area contributed by atoms with Crippen molar-refractivity contribution in [3.05, 3.63) is 0 Å². The van der Waals surface area contributed by atoms with Crippen LogP contribution in [0.5, 0.6) is 0 Å². The molecule has 1 amide bonds. The first-order chi connectivity index (χ1) is 7.27. The molecule has 0 radical (unpaired) electrons. The monoisotopic (exact) mass is 213 g/mol. The van der Waals surface area contributed by atoms with Crippen LogP contribution in [-0.4, -0.2) is 35.9 Å². The Hall–Kier alpha value is -0.610. The molecule has 1 saturated carbocycles. The van der Waals surface area contributed by atoms with Crippen molar-refractivity contribution in [2.75, 3.05) is 6.61 Å². The van der Waals surface area contributed by atoms with Crippen molar-refractivity contribution in [3.8, 4) is 0 Å². The van der Waals surface area contributed by atoms with Gasteiger partial charge in [-0.2, -0.15) is 0 Å². The van der Waals surface area contributed by atoms with E-state index in [1.165, 1.54) is 0 Å². The third-order valence-electron chi connectivity index (χ3n) is 3.28. The van der Waals surface area contributed by atoms with Crippen LogP contribution in [-0.2, 0) is 9.53 Å². The standard InChI is InChI=1S/C11H19NO3/c13-9-5-2-1-4-8(9)12-11(14)10-6-3-7-15-10/h8-10,13H,1-7H2,(H,12,14)/t8-,9-,10+/m0/s1. The number of nitrogens with one attached hydrogen (secondary N) is 1. The molecule has 2 fully saturated rings. The molecule has 2 aliphatic rings. The van der Waals surface area contributed by atoms with Crippen LogP contribution >= 0.6 is 0 Å². The van der Waals surface area contributed by atoms with Gasteiger partial charge in [0, 0.05) is 6.61 Å². The lowest BCUT2D eigenvalue weighted by molar-refractivity contribution is -0.132. The molecule has 0 bridgehead atoms. The Morgan fingerprint density at radius 1 is 1.20 bits per heavy atom. The topological polar surface area (TPSA) is 58.6 Å². The van der Waals surface area contributed by atoms with E-state index < -0.39 is 0 Å². The van der Waals surface area contributed by atoms with Crippen LogP contribution in [0.4, 0.5) is 0 Å². The Morgan fingerprint density at radius 2 is 2.00 bits per heavy atom. The summed E-state index contributed by atoms with van der Waals surface area (Å²) in [7, 11) is 0. The summed E-state index contributed by atoms with van der Waals surface area (Å²) >= 11 is 0. The predicted octanol–water partition coefficient (Wildman–Crippen LogP) is 0.585. The Bertz CT molecular complexity index is 226. The summed E-state index contributed by atoms with van der Waals surface area (Å²) < 4.78 is 5.30. The van der Waals surface area contributed by atoms with E-state index in [0.717, 1.165) is 38.5 Å². The van der Waals surface area contributed by atoms with Crippen LogP contribution < -0.4 is 5.32 Å². The Labute approximate surface area is 90.0 Å². The molecule has 15 heavy (non-hydrogen) atoms. The Morgan fingerprint density at radius 3 is 2.67 bits per heavy atom. The summed E-state index contributed by atoms with van der Waals surface area (Å²) in [6, 6.07) is -0.0598. The number of hydrogen-bond acceptors (Lipinski definition) is 3. The quantitative estimate of drug-likeness (QED) is 0.705. The van der Waals surface area contributed by atoms with Gasteiger partial charge in [0.25, 0.3) is 0 Å². The molecular weight excluding hydrogens is 194 g/mol. The SMILES string of the molecule is O=C(N[C@H]1CCCC[C@@H]1O)[C@H]1CCCO1. The fraction of sp³-hybridized carbons (Fsp3) is 0.909. The second-order valence-corrected chi connectivity index (χ2v) is 4.47. The summed E-state index contributed by atoms with van der Waals surface area (Å²) in [5.74, 6) is -0.0431. The summed E-state index contributed by atoms with van der Waals surface area (Å²) in [6.45, 7) is 0.686. The van der Waals surface area contributed by atoms with Crippen LogP contribution in [0.25, 0.3) is 0 Å². The maximum Gasteiger partial charge on any atom is 0.249 e. The van der Waals surface area contributed by atoms with Gasteiger partial charge in [-0.15, -0.1) is 0 Å². The summed E-state index contributed by atoms with van der Waals surface area (Å²) in [5.41, 5.74) is 0. The third kappa shape index (κ3) is 2.69. The lowest BCUT2D eigenvalue weighted by atomic mass is 9.92. The van der Waals surface area contributed by atoms with Crippen molar-refractivity contribution >= 4 is 5.91 Å². The average Bonchev–Trinajstić information content (AvgIpc) is 2.74. The van der Waals surface area contributed by atoms with Gasteiger partial charge in [0.15, 0.2) is 0 Å². The molecule has 1 aliphatic carbocycles. The lowest BCUT2D eigenvalue weighted by Gasteiger charge is -2.29. The van der Waals surface area contributed by atoms with E-state index in [-0.39, 0.29) is 24.2 Å². The van der Waals surface area contributed by atoms with Gasteiger partial charge >= 0.3 is 0 Å². The van der Waals surface area contributed by atoms with Crippen molar-refractivity contribution in [1.82, 2.24) is 5.32 Å².